The molecule has 1 saturated carbocycles. The molecule has 20 heavy (non-hydrogen) atoms. The minimum Gasteiger partial charge on any atom is -0.325 e. The van der Waals surface area contributed by atoms with Crippen LogP contribution < -0.4 is 10.5 Å². The molecule has 0 amide bonds. The van der Waals surface area contributed by atoms with E-state index >= 15 is 0 Å². The van der Waals surface area contributed by atoms with Crippen LogP contribution >= 0.6 is 0 Å². The molecular weight excluding hydrogens is 276 g/mol. The predicted molar refractivity (Wildman–Crippen MR) is 77.6 cm³/mol. The van der Waals surface area contributed by atoms with Crippen LogP contribution in [-0.4, -0.2) is 25.2 Å². The van der Waals surface area contributed by atoms with Gasteiger partial charge in [0.1, 0.15) is 4.90 Å². The lowest BCUT2D eigenvalue weighted by atomic mass is 9.87. The molecule has 1 aliphatic carbocycles. The summed E-state index contributed by atoms with van der Waals surface area (Å²) in [6.45, 7) is 2.30. The highest BCUT2D eigenvalue weighted by molar-refractivity contribution is 7.89. The summed E-state index contributed by atoms with van der Waals surface area (Å²) < 4.78 is 27.3. The van der Waals surface area contributed by atoms with Crippen molar-refractivity contribution in [2.24, 2.45) is 11.7 Å². The lowest BCUT2D eigenvalue weighted by Gasteiger charge is -2.21. The van der Waals surface area contributed by atoms with Gasteiger partial charge in [0.15, 0.2) is 0 Å². The highest BCUT2D eigenvalue weighted by atomic mass is 32.2. The lowest BCUT2D eigenvalue weighted by molar-refractivity contribution is 0.339. The second kappa shape index (κ2) is 6.69. The first-order chi connectivity index (χ1) is 9.54. The van der Waals surface area contributed by atoms with E-state index in [1.807, 2.05) is 0 Å². The summed E-state index contributed by atoms with van der Waals surface area (Å²) >= 11 is 0. The fraction of sp³-hybridized carbons (Fsp3) is 0.769. The number of hydrogen-bond donors (Lipinski definition) is 3. The summed E-state index contributed by atoms with van der Waals surface area (Å²) in [7, 11) is -3.51. The van der Waals surface area contributed by atoms with Gasteiger partial charge in [-0.2, -0.15) is 5.10 Å². The molecule has 1 aromatic heterocycles. The molecule has 0 spiro atoms. The molecule has 0 saturated heterocycles. The van der Waals surface area contributed by atoms with E-state index in [9.17, 15) is 8.42 Å². The first kappa shape index (κ1) is 15.5. The predicted octanol–water partition coefficient (Wildman–Crippen LogP) is 1.43. The summed E-state index contributed by atoms with van der Waals surface area (Å²) in [6.07, 6.45) is 7.22. The summed E-state index contributed by atoms with van der Waals surface area (Å²) in [4.78, 5) is 0.212. The van der Waals surface area contributed by atoms with Crippen molar-refractivity contribution >= 4 is 10.0 Å². The van der Waals surface area contributed by atoms with Crippen molar-refractivity contribution in [2.75, 3.05) is 6.54 Å². The van der Waals surface area contributed by atoms with Crippen molar-refractivity contribution in [3.8, 4) is 0 Å². The van der Waals surface area contributed by atoms with Gasteiger partial charge in [-0.3, -0.25) is 5.10 Å². The van der Waals surface area contributed by atoms with E-state index in [2.05, 4.69) is 14.9 Å². The van der Waals surface area contributed by atoms with Gasteiger partial charge in [-0.25, -0.2) is 13.1 Å². The second-order valence-electron chi connectivity index (χ2n) is 5.52. The fourth-order valence-corrected chi connectivity index (χ4v) is 4.33. The van der Waals surface area contributed by atoms with Gasteiger partial charge >= 0.3 is 0 Å². The molecule has 0 atom stereocenters. The molecule has 7 heteroatoms. The van der Waals surface area contributed by atoms with E-state index < -0.39 is 10.0 Å². The number of sulfonamides is 1. The first-order valence-electron chi connectivity index (χ1n) is 7.28. The smallest absolute Gasteiger partial charge is 0.244 e. The molecule has 0 aromatic carbocycles. The van der Waals surface area contributed by atoms with Gasteiger partial charge in [-0.1, -0.05) is 32.1 Å². The van der Waals surface area contributed by atoms with E-state index in [0.717, 1.165) is 6.42 Å². The van der Waals surface area contributed by atoms with Gasteiger partial charge in [-0.05, 0) is 19.3 Å². The maximum Gasteiger partial charge on any atom is 0.244 e. The quantitative estimate of drug-likeness (QED) is 0.739. The Kier molecular flexibility index (Phi) is 5.17. The zero-order valence-electron chi connectivity index (χ0n) is 12.0. The number of H-pyrrole nitrogens is 1. The van der Waals surface area contributed by atoms with Crippen LogP contribution in [0.25, 0.3) is 0 Å². The Bertz CT molecular complexity index is 533. The maximum atomic E-state index is 12.3. The molecule has 4 N–H and O–H groups in total. The lowest BCUT2D eigenvalue weighted by Crippen LogP contribution is -2.28. The molecule has 1 heterocycles. The Morgan fingerprint density at radius 3 is 2.70 bits per heavy atom. The molecule has 0 bridgehead atoms. The third kappa shape index (κ3) is 3.59. The molecular formula is C13H24N4O2S. The monoisotopic (exact) mass is 300 g/mol. The SMILES string of the molecule is Cc1[nH]nc(CN)c1S(=O)(=O)NCCC1CCCCC1. The number of hydrogen-bond acceptors (Lipinski definition) is 4. The van der Waals surface area contributed by atoms with Gasteiger partial charge in [0.05, 0.1) is 11.4 Å². The zero-order chi connectivity index (χ0) is 14.6. The molecule has 0 aliphatic heterocycles. The van der Waals surface area contributed by atoms with Crippen molar-refractivity contribution < 1.29 is 8.42 Å². The van der Waals surface area contributed by atoms with E-state index in [0.29, 0.717) is 23.9 Å². The molecule has 1 fully saturated rings. The van der Waals surface area contributed by atoms with E-state index in [4.69, 9.17) is 5.73 Å². The van der Waals surface area contributed by atoms with Crippen LogP contribution in [0.5, 0.6) is 0 Å². The highest BCUT2D eigenvalue weighted by Crippen LogP contribution is 2.26. The van der Waals surface area contributed by atoms with Crippen LogP contribution in [-0.2, 0) is 16.6 Å². The average molecular weight is 300 g/mol. The average Bonchev–Trinajstić information content (AvgIpc) is 2.81. The number of nitrogens with zero attached hydrogens (tertiary/aromatic N) is 1. The topological polar surface area (TPSA) is 101 Å². The summed E-state index contributed by atoms with van der Waals surface area (Å²) in [5, 5.41) is 6.61. The largest absolute Gasteiger partial charge is 0.325 e. The van der Waals surface area contributed by atoms with Crippen molar-refractivity contribution in [3.05, 3.63) is 11.4 Å². The number of rotatable bonds is 6. The number of nitrogens with two attached hydrogens (primary N) is 1. The van der Waals surface area contributed by atoms with Crippen LogP contribution in [0.2, 0.25) is 0 Å². The van der Waals surface area contributed by atoms with Gasteiger partial charge in [0.2, 0.25) is 10.0 Å². The maximum absolute atomic E-state index is 12.3. The Morgan fingerprint density at radius 1 is 1.35 bits per heavy atom. The van der Waals surface area contributed by atoms with Gasteiger partial charge in [-0.15, -0.1) is 0 Å². The van der Waals surface area contributed by atoms with Crippen LogP contribution in [0.15, 0.2) is 4.90 Å². The van der Waals surface area contributed by atoms with E-state index in [-0.39, 0.29) is 11.4 Å². The molecule has 114 valence electrons. The number of nitrogens with one attached hydrogen (secondary N) is 2. The Labute approximate surface area is 120 Å². The third-order valence-corrected chi connectivity index (χ3v) is 5.66. The standard InChI is InChI=1S/C13H24N4O2S/c1-10-13(12(9-14)17-16-10)20(18,19)15-8-7-11-5-3-2-4-6-11/h11,15H,2-9,14H2,1H3,(H,16,17). The van der Waals surface area contributed by atoms with Crippen molar-refractivity contribution in [1.29, 1.82) is 0 Å². The van der Waals surface area contributed by atoms with Gasteiger partial charge in [0.25, 0.3) is 0 Å². The zero-order valence-corrected chi connectivity index (χ0v) is 12.8. The number of aryl methyl sites for hydroxylation is 1. The fourth-order valence-electron chi connectivity index (χ4n) is 2.91. The first-order valence-corrected chi connectivity index (χ1v) is 8.76. The van der Waals surface area contributed by atoms with E-state index in [1.165, 1.54) is 32.1 Å². The molecule has 1 aromatic rings. The minimum atomic E-state index is -3.51. The summed E-state index contributed by atoms with van der Waals surface area (Å²) in [5.41, 5.74) is 6.47. The summed E-state index contributed by atoms with van der Waals surface area (Å²) in [6, 6.07) is 0. The van der Waals surface area contributed by atoms with Crippen LogP contribution in [0, 0.1) is 12.8 Å². The van der Waals surface area contributed by atoms with Crippen molar-refractivity contribution in [1.82, 2.24) is 14.9 Å². The molecule has 6 nitrogen and oxygen atoms in total. The molecule has 2 rings (SSSR count). The highest BCUT2D eigenvalue weighted by Gasteiger charge is 2.23. The van der Waals surface area contributed by atoms with Gasteiger partial charge < -0.3 is 5.73 Å². The molecule has 0 radical (unpaired) electrons. The molecule has 1 aliphatic rings. The van der Waals surface area contributed by atoms with Crippen molar-refractivity contribution in [3.63, 3.8) is 0 Å². The van der Waals surface area contributed by atoms with E-state index in [1.54, 1.807) is 6.92 Å². The van der Waals surface area contributed by atoms with Crippen molar-refractivity contribution in [2.45, 2.75) is 56.9 Å². The Hall–Kier alpha value is -0.920. The second-order valence-corrected chi connectivity index (χ2v) is 7.22. The minimum absolute atomic E-state index is 0.114. The third-order valence-electron chi connectivity index (χ3n) is 3.99. The summed E-state index contributed by atoms with van der Waals surface area (Å²) in [5.74, 6) is 0.658. The van der Waals surface area contributed by atoms with Crippen LogP contribution in [0.4, 0.5) is 0 Å². The van der Waals surface area contributed by atoms with Crippen LogP contribution in [0.1, 0.15) is 49.9 Å². The van der Waals surface area contributed by atoms with Gasteiger partial charge in [0, 0.05) is 13.1 Å². The van der Waals surface area contributed by atoms with Crippen LogP contribution in [0.3, 0.4) is 0 Å². The Morgan fingerprint density at radius 2 is 2.05 bits per heavy atom. The molecule has 0 unspecified atom stereocenters. The normalized spacial score (nSPS) is 17.5. The Balaban J connectivity index is 1.95. The number of aromatic nitrogens is 2. The number of aromatic amines is 1.